The third-order valence-electron chi connectivity index (χ3n) is 3.38. The first-order chi connectivity index (χ1) is 8.74. The number of hydrogen-bond acceptors (Lipinski definition) is 3. The molecule has 1 aliphatic rings. The van der Waals surface area contributed by atoms with Crippen LogP contribution >= 0.6 is 23.2 Å². The molecule has 0 amide bonds. The van der Waals surface area contributed by atoms with E-state index >= 15 is 0 Å². The van der Waals surface area contributed by atoms with Crippen molar-refractivity contribution in [3.05, 3.63) is 22.6 Å². The fourth-order valence-corrected chi connectivity index (χ4v) is 2.84. The zero-order valence-electron chi connectivity index (χ0n) is 9.87. The van der Waals surface area contributed by atoms with Crippen LogP contribution in [0.15, 0.2) is 12.1 Å². The predicted molar refractivity (Wildman–Crippen MR) is 73.5 cm³/mol. The Labute approximate surface area is 115 Å². The molecule has 18 heavy (non-hydrogen) atoms. The summed E-state index contributed by atoms with van der Waals surface area (Å²) >= 11 is 12.0. The Morgan fingerprint density at radius 2 is 1.94 bits per heavy atom. The molecule has 3 rings (SSSR count). The molecule has 0 saturated heterocycles. The summed E-state index contributed by atoms with van der Waals surface area (Å²) in [5.41, 5.74) is 0.870. The third-order valence-corrected chi connectivity index (χ3v) is 3.83. The SMILES string of the molecule is Clc1nc(NC2CCCCC2)c2ccc(Cl)n2n1. The molecule has 1 saturated carbocycles. The molecule has 0 radical (unpaired) electrons. The minimum absolute atomic E-state index is 0.207. The molecule has 0 atom stereocenters. The number of nitrogens with one attached hydrogen (secondary N) is 1. The van der Waals surface area contributed by atoms with Gasteiger partial charge < -0.3 is 5.32 Å². The molecule has 0 bridgehead atoms. The van der Waals surface area contributed by atoms with Gasteiger partial charge in [-0.25, -0.2) is 4.52 Å². The fourth-order valence-electron chi connectivity index (χ4n) is 2.49. The maximum atomic E-state index is 6.05. The highest BCUT2D eigenvalue weighted by Crippen LogP contribution is 2.25. The van der Waals surface area contributed by atoms with Crippen molar-refractivity contribution in [2.24, 2.45) is 0 Å². The maximum absolute atomic E-state index is 6.05. The van der Waals surface area contributed by atoms with E-state index in [1.807, 2.05) is 6.07 Å². The molecule has 6 heteroatoms. The lowest BCUT2D eigenvalue weighted by molar-refractivity contribution is 0.462. The zero-order valence-corrected chi connectivity index (χ0v) is 11.4. The van der Waals surface area contributed by atoms with Crippen LogP contribution in [-0.4, -0.2) is 20.6 Å². The van der Waals surface area contributed by atoms with Gasteiger partial charge in [-0.3, -0.25) is 0 Å². The molecule has 0 unspecified atom stereocenters. The Morgan fingerprint density at radius 3 is 2.72 bits per heavy atom. The summed E-state index contributed by atoms with van der Waals surface area (Å²) in [6.07, 6.45) is 6.24. The second kappa shape index (κ2) is 4.94. The first-order valence-electron chi connectivity index (χ1n) is 6.21. The van der Waals surface area contributed by atoms with Crippen LogP contribution < -0.4 is 5.32 Å². The molecule has 4 nitrogen and oxygen atoms in total. The summed E-state index contributed by atoms with van der Waals surface area (Å²) < 4.78 is 1.61. The van der Waals surface area contributed by atoms with Gasteiger partial charge in [-0.05, 0) is 36.6 Å². The van der Waals surface area contributed by atoms with Crippen molar-refractivity contribution in [1.29, 1.82) is 0 Å². The number of fused-ring (bicyclic) bond motifs is 1. The van der Waals surface area contributed by atoms with Gasteiger partial charge in [-0.15, -0.1) is 5.10 Å². The Balaban J connectivity index is 1.94. The topological polar surface area (TPSA) is 42.2 Å². The molecule has 1 N–H and O–H groups in total. The standard InChI is InChI=1S/C12H14Cl2N4/c13-10-7-6-9-11(16-12(14)17-18(9)10)15-8-4-2-1-3-5-8/h6-8H,1-5H2,(H,15,16,17). The average molecular weight is 285 g/mol. The average Bonchev–Trinajstić information content (AvgIpc) is 2.73. The normalized spacial score (nSPS) is 17.2. The van der Waals surface area contributed by atoms with E-state index in [0.717, 1.165) is 11.3 Å². The second-order valence-corrected chi connectivity index (χ2v) is 5.39. The lowest BCUT2D eigenvalue weighted by Gasteiger charge is -2.23. The smallest absolute Gasteiger partial charge is 0.243 e. The van der Waals surface area contributed by atoms with Crippen LogP contribution in [0, 0.1) is 0 Å². The highest BCUT2D eigenvalue weighted by Gasteiger charge is 2.16. The first-order valence-corrected chi connectivity index (χ1v) is 6.97. The van der Waals surface area contributed by atoms with Crippen LogP contribution in [0.25, 0.3) is 5.52 Å². The number of aromatic nitrogens is 3. The Hall–Kier alpha value is -1.00. The number of anilines is 1. The molecule has 1 aliphatic carbocycles. The highest BCUT2D eigenvalue weighted by molar-refractivity contribution is 6.30. The van der Waals surface area contributed by atoms with Gasteiger partial charge >= 0.3 is 0 Å². The van der Waals surface area contributed by atoms with E-state index in [0.29, 0.717) is 11.2 Å². The van der Waals surface area contributed by atoms with Crippen LogP contribution in [-0.2, 0) is 0 Å². The molecule has 2 heterocycles. The maximum Gasteiger partial charge on any atom is 0.243 e. The molecule has 0 aromatic carbocycles. The summed E-state index contributed by atoms with van der Waals surface area (Å²) in [7, 11) is 0. The van der Waals surface area contributed by atoms with Gasteiger partial charge in [0.25, 0.3) is 0 Å². The molecule has 2 aromatic rings. The van der Waals surface area contributed by atoms with Crippen LogP contribution in [0.2, 0.25) is 10.4 Å². The number of halogens is 2. The van der Waals surface area contributed by atoms with E-state index in [9.17, 15) is 0 Å². The van der Waals surface area contributed by atoms with Gasteiger partial charge in [0.2, 0.25) is 5.28 Å². The van der Waals surface area contributed by atoms with Crippen molar-refractivity contribution in [3.63, 3.8) is 0 Å². The van der Waals surface area contributed by atoms with E-state index in [-0.39, 0.29) is 5.28 Å². The van der Waals surface area contributed by atoms with E-state index in [1.165, 1.54) is 32.1 Å². The molecule has 2 aromatic heterocycles. The lowest BCUT2D eigenvalue weighted by Crippen LogP contribution is -2.23. The van der Waals surface area contributed by atoms with E-state index < -0.39 is 0 Å². The molecule has 0 spiro atoms. The van der Waals surface area contributed by atoms with Crippen molar-refractivity contribution < 1.29 is 0 Å². The number of nitrogens with zero attached hydrogens (tertiary/aromatic N) is 3. The van der Waals surface area contributed by atoms with Crippen molar-refractivity contribution in [1.82, 2.24) is 14.6 Å². The van der Waals surface area contributed by atoms with Gasteiger partial charge in [0, 0.05) is 6.04 Å². The van der Waals surface area contributed by atoms with Crippen molar-refractivity contribution in [2.45, 2.75) is 38.1 Å². The highest BCUT2D eigenvalue weighted by atomic mass is 35.5. The van der Waals surface area contributed by atoms with Gasteiger partial charge in [0.15, 0.2) is 5.82 Å². The lowest BCUT2D eigenvalue weighted by atomic mass is 9.95. The molecule has 96 valence electrons. The third kappa shape index (κ3) is 2.27. The second-order valence-electron chi connectivity index (χ2n) is 4.66. The van der Waals surface area contributed by atoms with Crippen LogP contribution in [0.5, 0.6) is 0 Å². The molecular weight excluding hydrogens is 271 g/mol. The summed E-state index contributed by atoms with van der Waals surface area (Å²) in [5, 5.41) is 8.30. The monoisotopic (exact) mass is 284 g/mol. The van der Waals surface area contributed by atoms with E-state index in [1.54, 1.807) is 10.6 Å². The molecule has 1 fully saturated rings. The van der Waals surface area contributed by atoms with Crippen LogP contribution in [0.3, 0.4) is 0 Å². The fraction of sp³-hybridized carbons (Fsp3) is 0.500. The summed E-state index contributed by atoms with van der Waals surface area (Å²) in [6.45, 7) is 0. The van der Waals surface area contributed by atoms with E-state index in [2.05, 4.69) is 15.4 Å². The van der Waals surface area contributed by atoms with Gasteiger partial charge in [-0.2, -0.15) is 4.98 Å². The summed E-state index contributed by atoms with van der Waals surface area (Å²) in [4.78, 5) is 4.27. The van der Waals surface area contributed by atoms with Crippen LogP contribution in [0.4, 0.5) is 5.82 Å². The quantitative estimate of drug-likeness (QED) is 0.913. The van der Waals surface area contributed by atoms with Crippen molar-refractivity contribution in [3.8, 4) is 0 Å². The summed E-state index contributed by atoms with van der Waals surface area (Å²) in [5.74, 6) is 0.772. The largest absolute Gasteiger partial charge is 0.365 e. The van der Waals surface area contributed by atoms with Gasteiger partial charge in [0.1, 0.15) is 10.7 Å². The number of rotatable bonds is 2. The number of hydrogen-bond donors (Lipinski definition) is 1. The van der Waals surface area contributed by atoms with Gasteiger partial charge in [0.05, 0.1) is 0 Å². The van der Waals surface area contributed by atoms with Gasteiger partial charge in [-0.1, -0.05) is 30.9 Å². The van der Waals surface area contributed by atoms with E-state index in [4.69, 9.17) is 23.2 Å². The minimum Gasteiger partial charge on any atom is -0.365 e. The minimum atomic E-state index is 0.207. The predicted octanol–water partition coefficient (Wildman–Crippen LogP) is 3.78. The Morgan fingerprint density at radius 1 is 1.17 bits per heavy atom. The van der Waals surface area contributed by atoms with Crippen LogP contribution in [0.1, 0.15) is 32.1 Å². The summed E-state index contributed by atoms with van der Waals surface area (Å²) in [6, 6.07) is 4.18. The zero-order chi connectivity index (χ0) is 12.5. The van der Waals surface area contributed by atoms with Crippen molar-refractivity contribution >= 4 is 34.5 Å². The molecule has 0 aliphatic heterocycles. The Bertz CT molecular complexity index is 560. The molecular formula is C12H14Cl2N4. The van der Waals surface area contributed by atoms with Crippen molar-refractivity contribution in [2.75, 3.05) is 5.32 Å². The first kappa shape index (κ1) is 12.1. The Kier molecular flexibility index (Phi) is 3.31.